The molecule has 1 aromatic rings. The lowest BCUT2D eigenvalue weighted by atomic mass is 10.2. The van der Waals surface area contributed by atoms with Crippen molar-refractivity contribution in [3.63, 3.8) is 0 Å². The van der Waals surface area contributed by atoms with Gasteiger partial charge in [-0.2, -0.15) is 0 Å². The fraction of sp³-hybridized carbons (Fsp3) is 0.562. The highest BCUT2D eigenvalue weighted by Crippen LogP contribution is 2.19. The van der Waals surface area contributed by atoms with E-state index >= 15 is 0 Å². The van der Waals surface area contributed by atoms with Gasteiger partial charge in [-0.05, 0) is 38.3 Å². The molecule has 0 aromatic heterocycles. The molecule has 0 bridgehead atoms. The van der Waals surface area contributed by atoms with E-state index < -0.39 is 0 Å². The summed E-state index contributed by atoms with van der Waals surface area (Å²) in [6, 6.07) is 8.09. The number of likely N-dealkylation sites (tertiary alicyclic amines) is 1. The number of methoxy groups -OCH3 is 1. The molecule has 5 nitrogen and oxygen atoms in total. The van der Waals surface area contributed by atoms with Gasteiger partial charge >= 0.3 is 6.03 Å². The van der Waals surface area contributed by atoms with Gasteiger partial charge in [0.15, 0.2) is 0 Å². The molecule has 2 rings (SSSR count). The lowest BCUT2D eigenvalue weighted by molar-refractivity contribution is 0.0896. The Morgan fingerprint density at radius 3 is 2.82 bits per heavy atom. The van der Waals surface area contributed by atoms with Crippen LogP contribution in [0.3, 0.4) is 0 Å². The summed E-state index contributed by atoms with van der Waals surface area (Å²) < 4.78 is 5.50. The van der Waals surface area contributed by atoms with Crippen LogP contribution in [-0.2, 0) is 4.74 Å². The van der Waals surface area contributed by atoms with Gasteiger partial charge in [0.25, 0.3) is 0 Å². The van der Waals surface area contributed by atoms with Gasteiger partial charge in [0.1, 0.15) is 0 Å². The fourth-order valence-corrected chi connectivity index (χ4v) is 3.10. The first-order chi connectivity index (χ1) is 10.5. The molecule has 1 heterocycles. The smallest absolute Gasteiger partial charge is 0.319 e. The summed E-state index contributed by atoms with van der Waals surface area (Å²) >= 11 is 1.65. The SMILES string of the molecule is CO[C@@H]1CN(C(C)C)C[C@H]1NC(=O)Nc1cccc(SC)c1. The van der Waals surface area contributed by atoms with Crippen LogP contribution in [0.15, 0.2) is 29.2 Å². The normalized spacial score (nSPS) is 22.0. The molecule has 1 fully saturated rings. The minimum atomic E-state index is -0.184. The standard InChI is InChI=1S/C16H25N3O2S/c1-11(2)19-9-14(15(10-19)21-3)18-16(20)17-12-6-5-7-13(8-12)22-4/h5-8,11,14-15H,9-10H2,1-4H3,(H2,17,18,20)/t14-,15-/m1/s1. The molecule has 0 unspecified atom stereocenters. The third kappa shape index (κ3) is 4.38. The highest BCUT2D eigenvalue weighted by atomic mass is 32.2. The van der Waals surface area contributed by atoms with Crippen LogP contribution in [0.1, 0.15) is 13.8 Å². The van der Waals surface area contributed by atoms with Gasteiger partial charge in [-0.15, -0.1) is 11.8 Å². The minimum Gasteiger partial charge on any atom is -0.378 e. The molecule has 122 valence electrons. The van der Waals surface area contributed by atoms with E-state index in [-0.39, 0.29) is 18.2 Å². The Morgan fingerprint density at radius 1 is 1.41 bits per heavy atom. The van der Waals surface area contributed by atoms with Crippen LogP contribution in [0.5, 0.6) is 0 Å². The van der Waals surface area contributed by atoms with Crippen LogP contribution in [-0.4, -0.2) is 55.6 Å². The fourth-order valence-electron chi connectivity index (χ4n) is 2.64. The zero-order chi connectivity index (χ0) is 16.1. The van der Waals surface area contributed by atoms with Crippen molar-refractivity contribution in [3.8, 4) is 0 Å². The molecule has 0 spiro atoms. The third-order valence-electron chi connectivity index (χ3n) is 3.97. The average Bonchev–Trinajstić information content (AvgIpc) is 2.90. The van der Waals surface area contributed by atoms with Crippen molar-refractivity contribution in [2.24, 2.45) is 0 Å². The summed E-state index contributed by atoms with van der Waals surface area (Å²) in [5.74, 6) is 0. The highest BCUT2D eigenvalue weighted by Gasteiger charge is 2.34. The molecular formula is C16H25N3O2S. The van der Waals surface area contributed by atoms with E-state index in [4.69, 9.17) is 4.74 Å². The Hall–Kier alpha value is -1.24. The van der Waals surface area contributed by atoms with E-state index in [1.54, 1.807) is 18.9 Å². The molecule has 0 radical (unpaired) electrons. The maximum absolute atomic E-state index is 12.2. The van der Waals surface area contributed by atoms with Crippen molar-refractivity contribution in [1.29, 1.82) is 0 Å². The van der Waals surface area contributed by atoms with Crippen molar-refractivity contribution in [2.45, 2.75) is 36.9 Å². The van der Waals surface area contributed by atoms with Crippen molar-refractivity contribution in [3.05, 3.63) is 24.3 Å². The second kappa shape index (κ2) is 7.85. The number of nitrogens with one attached hydrogen (secondary N) is 2. The predicted molar refractivity (Wildman–Crippen MR) is 91.7 cm³/mol. The maximum atomic E-state index is 12.2. The highest BCUT2D eigenvalue weighted by molar-refractivity contribution is 7.98. The van der Waals surface area contributed by atoms with Crippen LogP contribution >= 0.6 is 11.8 Å². The number of hydrogen-bond acceptors (Lipinski definition) is 4. The Morgan fingerprint density at radius 2 is 2.18 bits per heavy atom. The van der Waals surface area contributed by atoms with Crippen LogP contribution in [0.4, 0.5) is 10.5 Å². The largest absolute Gasteiger partial charge is 0.378 e. The van der Waals surface area contributed by atoms with Gasteiger partial charge in [0, 0.05) is 36.8 Å². The Kier molecular flexibility index (Phi) is 6.11. The maximum Gasteiger partial charge on any atom is 0.319 e. The number of nitrogens with zero attached hydrogens (tertiary/aromatic N) is 1. The third-order valence-corrected chi connectivity index (χ3v) is 4.70. The zero-order valence-electron chi connectivity index (χ0n) is 13.6. The van der Waals surface area contributed by atoms with E-state index in [1.807, 2.05) is 30.5 Å². The van der Waals surface area contributed by atoms with E-state index in [0.29, 0.717) is 6.04 Å². The Bertz CT molecular complexity index is 510. The molecule has 2 atom stereocenters. The van der Waals surface area contributed by atoms with Crippen molar-refractivity contribution in [1.82, 2.24) is 10.2 Å². The molecule has 6 heteroatoms. The van der Waals surface area contributed by atoms with Crippen LogP contribution < -0.4 is 10.6 Å². The second-order valence-corrected chi connectivity index (χ2v) is 6.64. The molecule has 0 saturated carbocycles. The average molecular weight is 323 g/mol. The summed E-state index contributed by atoms with van der Waals surface area (Å²) in [6.45, 7) is 5.97. The first kappa shape index (κ1) is 17.1. The van der Waals surface area contributed by atoms with E-state index in [0.717, 1.165) is 23.7 Å². The van der Waals surface area contributed by atoms with Gasteiger partial charge < -0.3 is 15.4 Å². The number of ether oxygens (including phenoxy) is 1. The lowest BCUT2D eigenvalue weighted by Crippen LogP contribution is -2.45. The van der Waals surface area contributed by atoms with Gasteiger partial charge in [-0.25, -0.2) is 4.79 Å². The van der Waals surface area contributed by atoms with Crippen LogP contribution in [0.2, 0.25) is 0 Å². The predicted octanol–water partition coefficient (Wildman–Crippen LogP) is 2.64. The number of thioether (sulfide) groups is 1. The molecule has 1 aliphatic rings. The number of urea groups is 1. The molecule has 2 N–H and O–H groups in total. The number of amides is 2. The molecule has 1 saturated heterocycles. The van der Waals surface area contributed by atoms with Crippen molar-refractivity contribution < 1.29 is 9.53 Å². The zero-order valence-corrected chi connectivity index (χ0v) is 14.4. The van der Waals surface area contributed by atoms with Crippen LogP contribution in [0.25, 0.3) is 0 Å². The van der Waals surface area contributed by atoms with Crippen molar-refractivity contribution >= 4 is 23.5 Å². The van der Waals surface area contributed by atoms with Gasteiger partial charge in [0.2, 0.25) is 0 Å². The van der Waals surface area contributed by atoms with Crippen LogP contribution in [0, 0.1) is 0 Å². The van der Waals surface area contributed by atoms with E-state index in [1.165, 1.54) is 0 Å². The molecule has 0 aliphatic carbocycles. The number of rotatable bonds is 5. The van der Waals surface area contributed by atoms with E-state index in [9.17, 15) is 4.79 Å². The topological polar surface area (TPSA) is 53.6 Å². The Balaban J connectivity index is 1.93. The molecule has 22 heavy (non-hydrogen) atoms. The summed E-state index contributed by atoms with van der Waals surface area (Å²) in [5, 5.41) is 5.92. The quantitative estimate of drug-likeness (QED) is 0.818. The molecule has 2 amide bonds. The lowest BCUT2D eigenvalue weighted by Gasteiger charge is -2.20. The number of carbonyl (C=O) groups excluding carboxylic acids is 1. The van der Waals surface area contributed by atoms with Gasteiger partial charge in [-0.3, -0.25) is 4.90 Å². The summed E-state index contributed by atoms with van der Waals surface area (Å²) in [5.41, 5.74) is 0.803. The summed E-state index contributed by atoms with van der Waals surface area (Å²) in [4.78, 5) is 15.6. The molecule has 1 aromatic carbocycles. The minimum absolute atomic E-state index is 0.0103. The first-order valence-electron chi connectivity index (χ1n) is 7.52. The number of carbonyl (C=O) groups is 1. The van der Waals surface area contributed by atoms with E-state index in [2.05, 4.69) is 29.4 Å². The monoisotopic (exact) mass is 323 g/mol. The molecule has 1 aliphatic heterocycles. The second-order valence-electron chi connectivity index (χ2n) is 5.76. The summed E-state index contributed by atoms with van der Waals surface area (Å²) in [6.07, 6.45) is 2.05. The Labute approximate surface area is 136 Å². The first-order valence-corrected chi connectivity index (χ1v) is 8.74. The summed E-state index contributed by atoms with van der Waals surface area (Å²) in [7, 11) is 1.70. The number of hydrogen-bond donors (Lipinski definition) is 2. The number of anilines is 1. The number of benzene rings is 1. The van der Waals surface area contributed by atoms with Gasteiger partial charge in [-0.1, -0.05) is 6.07 Å². The van der Waals surface area contributed by atoms with Crippen molar-refractivity contribution in [2.75, 3.05) is 31.8 Å². The van der Waals surface area contributed by atoms with Gasteiger partial charge in [0.05, 0.1) is 12.1 Å². The molecular weight excluding hydrogens is 298 g/mol.